The quantitative estimate of drug-likeness (QED) is 0.182. The third kappa shape index (κ3) is 5.92. The number of furan rings is 1. The first-order chi connectivity index (χ1) is 22.5. The van der Waals surface area contributed by atoms with Crippen molar-refractivity contribution in [2.75, 3.05) is 0 Å². The van der Waals surface area contributed by atoms with Gasteiger partial charge in [0.1, 0.15) is 47.3 Å². The highest BCUT2D eigenvalue weighted by Crippen LogP contribution is 2.42. The number of hydrogen-bond acceptors (Lipinski definition) is 13. The number of nitrogens with zero attached hydrogens (tertiary/aromatic N) is 6. The first-order valence-corrected chi connectivity index (χ1v) is 15.6. The molecule has 17 heteroatoms. The molecule has 2 aromatic carbocycles. The average Bonchev–Trinajstić information content (AvgIpc) is 3.74. The zero-order valence-electron chi connectivity index (χ0n) is 24.5. The highest BCUT2D eigenvalue weighted by atomic mass is 79.9. The third-order valence-electron chi connectivity index (χ3n) is 7.95. The number of unbranched alkanes of at least 4 members (excludes halogenated alkanes) is 1. The number of imidazole rings is 1. The first kappa shape index (κ1) is 32.7. The van der Waals surface area contributed by atoms with Crippen LogP contribution in [0, 0.1) is 0 Å². The van der Waals surface area contributed by atoms with Crippen LogP contribution in [-0.2, 0) is 22.5 Å². The van der Waals surface area contributed by atoms with E-state index in [2.05, 4.69) is 36.4 Å². The van der Waals surface area contributed by atoms with Gasteiger partial charge in [-0.05, 0) is 50.5 Å². The van der Waals surface area contributed by atoms with Crippen molar-refractivity contribution in [1.82, 2.24) is 29.8 Å². The molecule has 4 heterocycles. The summed E-state index contributed by atoms with van der Waals surface area (Å²) in [4.78, 5) is 27.8. The third-order valence-corrected chi connectivity index (χ3v) is 9.00. The largest absolute Gasteiger partial charge is 0.547 e. The van der Waals surface area contributed by atoms with Gasteiger partial charge in [-0.1, -0.05) is 55.3 Å². The number of halogens is 2. The van der Waals surface area contributed by atoms with Crippen LogP contribution in [0.1, 0.15) is 47.9 Å². The number of benzene rings is 2. The molecule has 0 bridgehead atoms. The number of aliphatic hydroxyl groups is 3. The predicted molar refractivity (Wildman–Crippen MR) is 162 cm³/mol. The van der Waals surface area contributed by atoms with Gasteiger partial charge in [0.25, 0.3) is 0 Å². The lowest BCUT2D eigenvalue weighted by atomic mass is 9.97. The van der Waals surface area contributed by atoms with Crippen molar-refractivity contribution < 1.29 is 44.3 Å². The molecule has 15 nitrogen and oxygen atoms in total. The molecule has 0 saturated carbocycles. The number of carboxylic acid groups (broad SMARTS) is 2. The molecule has 1 saturated heterocycles. The molecule has 0 amide bonds. The number of tetrazole rings is 1. The summed E-state index contributed by atoms with van der Waals surface area (Å²) in [5.74, 6) is -2.28. The number of hydrogen-bond donors (Lipinski definition) is 3. The highest BCUT2D eigenvalue weighted by molar-refractivity contribution is 9.10. The number of carboxylic acids is 2. The van der Waals surface area contributed by atoms with E-state index in [0.29, 0.717) is 44.6 Å². The van der Waals surface area contributed by atoms with Crippen LogP contribution in [0.3, 0.4) is 0 Å². The molecule has 0 aliphatic carbocycles. The average molecular weight is 730 g/mol. The van der Waals surface area contributed by atoms with Crippen LogP contribution in [0.25, 0.3) is 33.7 Å². The summed E-state index contributed by atoms with van der Waals surface area (Å²) in [6.07, 6.45) is -6.98. The smallest absolute Gasteiger partial charge is 0.185 e. The van der Waals surface area contributed by atoms with Gasteiger partial charge in [0, 0.05) is 29.5 Å². The van der Waals surface area contributed by atoms with Gasteiger partial charge in [-0.2, -0.15) is 4.68 Å². The standard InChI is InChI=1S/C30H28BrClN6O9/c1-2-3-8-18-33-26(32)20(29(42)43)37(18)12-13-9-10-17-16(11-13)19(31)24(46-17)14-6-4-5-7-15(14)27-34-35-36-38(27)28-23(41)21(39)22(40)25(47-28)30(44)45/h4-7,9-11,21-23,25,28,39-41H,2-3,8,12H2,1H3,(H,42,43)(H,44,45)/p-2/t21-,22-,23+,25-,28+/m0/s1. The normalized spacial score (nSPS) is 21.4. The molecule has 1 aliphatic rings. The minimum Gasteiger partial charge on any atom is -0.547 e. The number of aromatic nitrogens is 6. The van der Waals surface area contributed by atoms with Gasteiger partial charge in [-0.25, -0.2) is 4.98 Å². The Balaban J connectivity index is 1.38. The number of fused-ring (bicyclic) bond motifs is 1. The molecule has 47 heavy (non-hydrogen) atoms. The van der Waals surface area contributed by atoms with Crippen LogP contribution >= 0.6 is 27.5 Å². The Morgan fingerprint density at radius 3 is 2.51 bits per heavy atom. The van der Waals surface area contributed by atoms with E-state index in [1.54, 1.807) is 41.0 Å². The van der Waals surface area contributed by atoms with Crippen LogP contribution in [0.5, 0.6) is 0 Å². The zero-order chi connectivity index (χ0) is 33.6. The van der Waals surface area contributed by atoms with E-state index in [-0.39, 0.29) is 23.2 Å². The molecule has 5 aromatic rings. The van der Waals surface area contributed by atoms with E-state index in [1.165, 1.54) is 0 Å². The molecule has 6 rings (SSSR count). The van der Waals surface area contributed by atoms with E-state index in [4.69, 9.17) is 20.8 Å². The Kier molecular flexibility index (Phi) is 9.15. The van der Waals surface area contributed by atoms with Gasteiger partial charge >= 0.3 is 0 Å². The van der Waals surface area contributed by atoms with E-state index >= 15 is 0 Å². The van der Waals surface area contributed by atoms with E-state index in [0.717, 1.165) is 23.1 Å². The van der Waals surface area contributed by atoms with Crippen molar-refractivity contribution in [1.29, 1.82) is 0 Å². The Morgan fingerprint density at radius 2 is 1.81 bits per heavy atom. The number of rotatable bonds is 10. The second-order valence-electron chi connectivity index (χ2n) is 11.0. The van der Waals surface area contributed by atoms with Crippen molar-refractivity contribution >= 4 is 50.4 Å². The fraction of sp³-hybridized carbons (Fsp3) is 0.333. The van der Waals surface area contributed by atoms with Gasteiger partial charge in [-0.15, -0.1) is 5.10 Å². The summed E-state index contributed by atoms with van der Waals surface area (Å²) in [5.41, 5.74) is 1.93. The number of aliphatic hydroxyl groups excluding tert-OH is 3. The van der Waals surface area contributed by atoms with Crippen LogP contribution in [0.2, 0.25) is 5.15 Å². The lowest BCUT2D eigenvalue weighted by Gasteiger charge is -2.40. The molecule has 0 spiro atoms. The molecular weight excluding hydrogens is 704 g/mol. The summed E-state index contributed by atoms with van der Waals surface area (Å²) < 4.78 is 14.7. The number of ether oxygens (including phenoxy) is 1. The van der Waals surface area contributed by atoms with Gasteiger partial charge in [0.05, 0.1) is 16.4 Å². The Bertz CT molecular complexity index is 1980. The topological polar surface area (TPSA) is 225 Å². The number of aromatic carboxylic acids is 1. The predicted octanol–water partition coefficient (Wildman–Crippen LogP) is 0.850. The highest BCUT2D eigenvalue weighted by Gasteiger charge is 2.46. The fourth-order valence-corrected chi connectivity index (χ4v) is 6.48. The van der Waals surface area contributed by atoms with Crippen molar-refractivity contribution in [3.8, 4) is 22.7 Å². The monoisotopic (exact) mass is 728 g/mol. The molecule has 5 atom stereocenters. The fourth-order valence-electron chi connectivity index (χ4n) is 5.60. The second-order valence-corrected chi connectivity index (χ2v) is 12.1. The van der Waals surface area contributed by atoms with Gasteiger partial charge in [-0.3, -0.25) is 0 Å². The van der Waals surface area contributed by atoms with E-state index in [9.17, 15) is 35.1 Å². The SMILES string of the molecule is CCCCc1nc(Cl)c(C(=O)[O-])n1Cc1ccc2oc(-c3ccccc3-c3nnnn3[C@@H]3O[C@H](C(=O)[O-])[C@@H](O)[C@H](O)[C@H]3O)c(Br)c2c1. The molecular formula is C30H26BrClN6O9-2. The van der Waals surface area contributed by atoms with Crippen molar-refractivity contribution in [3.05, 3.63) is 69.2 Å². The number of carbonyl (C=O) groups excluding carboxylic acids is 2. The molecule has 3 aromatic heterocycles. The maximum atomic E-state index is 11.9. The summed E-state index contributed by atoms with van der Waals surface area (Å²) in [5, 5.41) is 66.8. The summed E-state index contributed by atoms with van der Waals surface area (Å²) in [6, 6.07) is 12.2. The molecule has 3 N–H and O–H groups in total. The van der Waals surface area contributed by atoms with Crippen LogP contribution in [0.15, 0.2) is 51.4 Å². The van der Waals surface area contributed by atoms with Gasteiger partial charge in [0.2, 0.25) is 0 Å². The summed E-state index contributed by atoms with van der Waals surface area (Å²) in [7, 11) is 0. The minimum atomic E-state index is -1.96. The maximum Gasteiger partial charge on any atom is 0.185 e. The Labute approximate surface area is 279 Å². The number of carbonyl (C=O) groups is 2. The molecule has 1 aliphatic heterocycles. The Morgan fingerprint density at radius 1 is 1.06 bits per heavy atom. The first-order valence-electron chi connectivity index (χ1n) is 14.5. The van der Waals surface area contributed by atoms with Crippen molar-refractivity contribution in [3.63, 3.8) is 0 Å². The maximum absolute atomic E-state index is 11.9. The van der Waals surface area contributed by atoms with Crippen molar-refractivity contribution in [2.24, 2.45) is 0 Å². The minimum absolute atomic E-state index is 0.0322. The second kappa shape index (κ2) is 13.1. The number of aryl methyl sites for hydroxylation is 1. The van der Waals surface area contributed by atoms with E-state index < -0.39 is 42.6 Å². The molecule has 246 valence electrons. The van der Waals surface area contributed by atoms with Crippen LogP contribution < -0.4 is 10.2 Å². The number of aliphatic carboxylic acids is 1. The van der Waals surface area contributed by atoms with E-state index in [1.807, 2.05) is 13.0 Å². The molecule has 1 fully saturated rings. The zero-order valence-corrected chi connectivity index (χ0v) is 26.8. The van der Waals surface area contributed by atoms with Crippen LogP contribution in [0.4, 0.5) is 0 Å². The summed E-state index contributed by atoms with van der Waals surface area (Å²) >= 11 is 9.82. The van der Waals surface area contributed by atoms with Gasteiger partial charge < -0.3 is 48.8 Å². The van der Waals surface area contributed by atoms with Crippen LogP contribution in [-0.4, -0.2) is 81.4 Å². The summed E-state index contributed by atoms with van der Waals surface area (Å²) in [6.45, 7) is 2.18. The molecule has 0 unspecified atom stereocenters. The van der Waals surface area contributed by atoms with Crippen molar-refractivity contribution in [2.45, 2.75) is 63.4 Å². The van der Waals surface area contributed by atoms with Gasteiger partial charge in [0.15, 0.2) is 17.2 Å². The lowest BCUT2D eigenvalue weighted by molar-refractivity contribution is -0.337. The molecule has 0 radical (unpaired) electrons. The Hall–Kier alpha value is -4.19. The lowest BCUT2D eigenvalue weighted by Crippen LogP contribution is -2.60.